The predicted molar refractivity (Wildman–Crippen MR) is 104 cm³/mol. The summed E-state index contributed by atoms with van der Waals surface area (Å²) in [6.07, 6.45) is 1.99. The summed E-state index contributed by atoms with van der Waals surface area (Å²) in [7, 11) is 0. The molecule has 0 aliphatic carbocycles. The van der Waals surface area contributed by atoms with Crippen molar-refractivity contribution in [3.63, 3.8) is 0 Å². The van der Waals surface area contributed by atoms with Gasteiger partial charge < -0.3 is 19.5 Å². The summed E-state index contributed by atoms with van der Waals surface area (Å²) in [5.41, 5.74) is 0.791. The molecule has 0 radical (unpaired) electrons. The van der Waals surface area contributed by atoms with E-state index in [1.54, 1.807) is 12.1 Å². The zero-order valence-electron chi connectivity index (χ0n) is 16.6. The number of likely N-dealkylation sites (tertiary alicyclic amines) is 1. The maximum absolute atomic E-state index is 12.7. The van der Waals surface area contributed by atoms with Crippen LogP contribution < -0.4 is 0 Å². The number of carbonyl (C=O) groups excluding carboxylic acids is 1. The molecule has 1 N–H and O–H groups in total. The minimum Gasteiger partial charge on any atom is -0.478 e. The van der Waals surface area contributed by atoms with E-state index in [1.165, 1.54) is 0 Å². The van der Waals surface area contributed by atoms with Crippen LogP contribution in [0.2, 0.25) is 0 Å². The van der Waals surface area contributed by atoms with Gasteiger partial charge in [-0.1, -0.05) is 18.2 Å². The molecule has 1 aromatic rings. The molecule has 2 aliphatic heterocycles. The van der Waals surface area contributed by atoms with Gasteiger partial charge in [-0.2, -0.15) is 0 Å². The molecule has 1 spiro atoms. The lowest BCUT2D eigenvalue weighted by molar-refractivity contribution is -0.136. The molecule has 28 heavy (non-hydrogen) atoms. The predicted octanol–water partition coefficient (Wildman–Crippen LogP) is 2.00. The van der Waals surface area contributed by atoms with Crippen molar-refractivity contribution in [3.8, 4) is 0 Å². The van der Waals surface area contributed by atoms with E-state index in [9.17, 15) is 14.7 Å². The smallest absolute Gasteiger partial charge is 0.336 e. The van der Waals surface area contributed by atoms with Crippen LogP contribution in [-0.4, -0.2) is 78.4 Å². The maximum atomic E-state index is 12.7. The first-order valence-corrected chi connectivity index (χ1v) is 10.1. The topological polar surface area (TPSA) is 79.3 Å². The lowest BCUT2D eigenvalue weighted by Gasteiger charge is -2.40. The average Bonchev–Trinajstić information content (AvgIpc) is 2.83. The second-order valence-corrected chi connectivity index (χ2v) is 7.52. The van der Waals surface area contributed by atoms with Crippen LogP contribution in [-0.2, 0) is 20.8 Å². The summed E-state index contributed by atoms with van der Waals surface area (Å²) in [5.74, 6) is -0.754. The number of amides is 1. The van der Waals surface area contributed by atoms with Crippen LogP contribution in [0, 0.1) is 0 Å². The highest BCUT2D eigenvalue weighted by molar-refractivity contribution is 5.89. The van der Waals surface area contributed by atoms with Gasteiger partial charge in [0.15, 0.2) is 0 Å². The van der Waals surface area contributed by atoms with E-state index >= 15 is 0 Å². The van der Waals surface area contributed by atoms with Crippen LogP contribution in [0.25, 0.3) is 0 Å². The summed E-state index contributed by atoms with van der Waals surface area (Å²) in [6.45, 7) is 7.14. The molecule has 0 atom stereocenters. The molecule has 1 aromatic carbocycles. The van der Waals surface area contributed by atoms with Gasteiger partial charge in [0.05, 0.1) is 30.8 Å². The summed E-state index contributed by atoms with van der Waals surface area (Å²) >= 11 is 0. The van der Waals surface area contributed by atoms with Gasteiger partial charge in [-0.15, -0.1) is 0 Å². The Kier molecular flexibility index (Phi) is 7.04. The zero-order chi connectivity index (χ0) is 20.0. The quantitative estimate of drug-likeness (QED) is 0.718. The Morgan fingerprint density at radius 1 is 1.25 bits per heavy atom. The Morgan fingerprint density at radius 3 is 2.71 bits per heavy atom. The Bertz CT molecular complexity index is 685. The number of hydrogen-bond donors (Lipinski definition) is 1. The van der Waals surface area contributed by atoms with Gasteiger partial charge in [-0.25, -0.2) is 4.79 Å². The Morgan fingerprint density at radius 2 is 2.00 bits per heavy atom. The molecule has 0 bridgehead atoms. The molecule has 2 fully saturated rings. The molecule has 3 rings (SSSR count). The number of piperidine rings is 1. The summed E-state index contributed by atoms with van der Waals surface area (Å²) in [6, 6.07) is 7.14. The number of benzene rings is 1. The molecule has 154 valence electrons. The third kappa shape index (κ3) is 5.10. The van der Waals surface area contributed by atoms with Crippen molar-refractivity contribution < 1.29 is 24.2 Å². The number of carbonyl (C=O) groups is 2. The van der Waals surface area contributed by atoms with E-state index in [0.717, 1.165) is 31.5 Å². The van der Waals surface area contributed by atoms with Crippen LogP contribution in [0.1, 0.15) is 42.1 Å². The highest BCUT2D eigenvalue weighted by Gasteiger charge is 2.40. The minimum atomic E-state index is -0.895. The van der Waals surface area contributed by atoms with E-state index in [1.807, 2.05) is 24.0 Å². The zero-order valence-corrected chi connectivity index (χ0v) is 16.6. The number of rotatable bonds is 7. The van der Waals surface area contributed by atoms with E-state index in [0.29, 0.717) is 51.4 Å². The van der Waals surface area contributed by atoms with Crippen molar-refractivity contribution in [1.29, 1.82) is 0 Å². The van der Waals surface area contributed by atoms with Crippen molar-refractivity contribution in [2.75, 3.05) is 46.0 Å². The summed E-state index contributed by atoms with van der Waals surface area (Å²) in [5, 5.41) is 9.37. The molecule has 7 nitrogen and oxygen atoms in total. The molecular formula is C21H30N2O5. The fourth-order valence-corrected chi connectivity index (χ4v) is 4.04. The second kappa shape index (κ2) is 9.49. The maximum Gasteiger partial charge on any atom is 0.336 e. The Labute approximate surface area is 166 Å². The Balaban J connectivity index is 1.56. The highest BCUT2D eigenvalue weighted by Crippen LogP contribution is 2.33. The van der Waals surface area contributed by atoms with Gasteiger partial charge in [0.25, 0.3) is 0 Å². The van der Waals surface area contributed by atoms with Gasteiger partial charge in [-0.3, -0.25) is 9.69 Å². The van der Waals surface area contributed by atoms with Gasteiger partial charge in [0.2, 0.25) is 5.91 Å². The van der Waals surface area contributed by atoms with E-state index in [-0.39, 0.29) is 11.5 Å². The first kappa shape index (κ1) is 20.8. The molecule has 0 aromatic heterocycles. The molecule has 2 aliphatic rings. The van der Waals surface area contributed by atoms with Gasteiger partial charge in [0, 0.05) is 39.3 Å². The van der Waals surface area contributed by atoms with Crippen LogP contribution in [0.4, 0.5) is 0 Å². The second-order valence-electron chi connectivity index (χ2n) is 7.52. The molecule has 7 heteroatoms. The van der Waals surface area contributed by atoms with E-state index in [2.05, 4.69) is 4.90 Å². The van der Waals surface area contributed by atoms with Crippen molar-refractivity contribution >= 4 is 11.9 Å². The minimum absolute atomic E-state index is 0.141. The normalized spacial score (nSPS) is 20.3. The number of ether oxygens (including phenoxy) is 2. The van der Waals surface area contributed by atoms with Crippen LogP contribution in [0.5, 0.6) is 0 Å². The number of carboxylic acid groups (broad SMARTS) is 1. The van der Waals surface area contributed by atoms with E-state index in [4.69, 9.17) is 9.47 Å². The highest BCUT2D eigenvalue weighted by atomic mass is 16.5. The average molecular weight is 390 g/mol. The molecule has 2 heterocycles. The fraction of sp³-hybridized carbons (Fsp3) is 0.619. The molecular weight excluding hydrogens is 360 g/mol. The lowest BCUT2D eigenvalue weighted by Crippen LogP contribution is -2.47. The Hall–Kier alpha value is -1.96. The van der Waals surface area contributed by atoms with Crippen molar-refractivity contribution in [2.24, 2.45) is 0 Å². The lowest BCUT2D eigenvalue weighted by atomic mass is 9.87. The van der Waals surface area contributed by atoms with Crippen LogP contribution in [0.15, 0.2) is 24.3 Å². The van der Waals surface area contributed by atoms with Crippen molar-refractivity contribution in [1.82, 2.24) is 9.80 Å². The first-order valence-electron chi connectivity index (χ1n) is 10.1. The molecule has 0 saturated carbocycles. The molecule has 0 unspecified atom stereocenters. The van der Waals surface area contributed by atoms with Gasteiger partial charge >= 0.3 is 5.97 Å². The van der Waals surface area contributed by atoms with Gasteiger partial charge in [-0.05, 0) is 31.4 Å². The number of aromatic carboxylic acids is 1. The van der Waals surface area contributed by atoms with Crippen LogP contribution >= 0.6 is 0 Å². The van der Waals surface area contributed by atoms with Crippen molar-refractivity contribution in [2.45, 2.75) is 38.3 Å². The third-order valence-electron chi connectivity index (χ3n) is 5.71. The standard InChI is InChI=1S/C21H30N2O5/c1-2-27-13-11-23-12-14-28-21(15-19(23)24)7-9-22(10-8-21)16-17-5-3-4-6-18(17)20(25)26/h3-6H,2,7-16H2,1H3,(H,25,26). The molecule has 1 amide bonds. The van der Waals surface area contributed by atoms with Crippen LogP contribution in [0.3, 0.4) is 0 Å². The fourth-order valence-electron chi connectivity index (χ4n) is 4.04. The summed E-state index contributed by atoms with van der Waals surface area (Å²) < 4.78 is 11.6. The molecule has 2 saturated heterocycles. The van der Waals surface area contributed by atoms with Gasteiger partial charge in [0.1, 0.15) is 0 Å². The number of nitrogens with zero attached hydrogens (tertiary/aromatic N) is 2. The first-order chi connectivity index (χ1) is 13.5. The monoisotopic (exact) mass is 390 g/mol. The SMILES string of the molecule is CCOCCN1CCOC2(CCN(Cc3ccccc3C(=O)O)CC2)CC1=O. The largest absolute Gasteiger partial charge is 0.478 e. The summed E-state index contributed by atoms with van der Waals surface area (Å²) in [4.78, 5) is 28.2. The number of hydrogen-bond acceptors (Lipinski definition) is 5. The van der Waals surface area contributed by atoms with Crippen molar-refractivity contribution in [3.05, 3.63) is 35.4 Å². The van der Waals surface area contributed by atoms with E-state index < -0.39 is 5.97 Å². The third-order valence-corrected chi connectivity index (χ3v) is 5.71. The number of carboxylic acids is 1.